The highest BCUT2D eigenvalue weighted by Gasteiger charge is 2.57. The van der Waals surface area contributed by atoms with E-state index >= 15 is 0 Å². The van der Waals surface area contributed by atoms with E-state index in [1.807, 2.05) is 0 Å². The van der Waals surface area contributed by atoms with Gasteiger partial charge in [0.25, 0.3) is 0 Å². The normalized spacial score (nSPS) is 40.8. The van der Waals surface area contributed by atoms with Crippen molar-refractivity contribution in [2.45, 2.75) is 57.3 Å². The first-order valence-corrected chi connectivity index (χ1v) is 8.63. The summed E-state index contributed by atoms with van der Waals surface area (Å²) >= 11 is 0. The van der Waals surface area contributed by atoms with Gasteiger partial charge in [0.1, 0.15) is 0 Å². The number of hydrogen-bond donors (Lipinski definition) is 0. The Morgan fingerprint density at radius 1 is 1.25 bits per heavy atom. The molecule has 2 atom stereocenters. The van der Waals surface area contributed by atoms with Gasteiger partial charge in [-0.1, -0.05) is 12.8 Å². The molecule has 0 aromatic carbocycles. The molecule has 2 aliphatic rings. The van der Waals surface area contributed by atoms with Crippen molar-refractivity contribution in [3.05, 3.63) is 0 Å². The van der Waals surface area contributed by atoms with E-state index in [0.717, 1.165) is 5.92 Å². The van der Waals surface area contributed by atoms with Crippen molar-refractivity contribution in [2.24, 2.45) is 5.92 Å². The van der Waals surface area contributed by atoms with Crippen LogP contribution in [-0.4, -0.2) is 13.9 Å². The highest BCUT2D eigenvalue weighted by molar-refractivity contribution is 6.69. The second-order valence-corrected chi connectivity index (χ2v) is 9.85. The van der Waals surface area contributed by atoms with Gasteiger partial charge in [0.2, 0.25) is 0 Å². The number of fused-ring (bicyclic) bond motifs is 1. The van der Waals surface area contributed by atoms with Gasteiger partial charge in [-0.25, -0.2) is 0 Å². The second kappa shape index (κ2) is 2.58. The van der Waals surface area contributed by atoms with Crippen LogP contribution in [0.2, 0.25) is 19.6 Å². The molecule has 0 bridgehead atoms. The van der Waals surface area contributed by atoms with Crippen molar-refractivity contribution in [3.8, 4) is 0 Å². The largest absolute Gasteiger partial charge is 0.412 e. The first kappa shape index (κ1) is 8.76. The van der Waals surface area contributed by atoms with Crippen LogP contribution in [0.3, 0.4) is 0 Å². The molecule has 1 nitrogen and oxygen atoms in total. The van der Waals surface area contributed by atoms with Gasteiger partial charge < -0.3 is 4.43 Å². The van der Waals surface area contributed by atoms with Crippen molar-refractivity contribution in [1.82, 2.24) is 0 Å². The summed E-state index contributed by atoms with van der Waals surface area (Å²) < 4.78 is 6.28. The molecule has 0 radical (unpaired) electrons. The van der Waals surface area contributed by atoms with Crippen LogP contribution < -0.4 is 0 Å². The fourth-order valence-corrected chi connectivity index (χ4v) is 4.20. The van der Waals surface area contributed by atoms with Crippen molar-refractivity contribution in [3.63, 3.8) is 0 Å². The van der Waals surface area contributed by atoms with Crippen LogP contribution in [0, 0.1) is 5.92 Å². The molecule has 2 fully saturated rings. The van der Waals surface area contributed by atoms with Gasteiger partial charge in [-0.3, -0.25) is 0 Å². The van der Waals surface area contributed by atoms with Gasteiger partial charge >= 0.3 is 0 Å². The molecule has 0 aromatic rings. The minimum Gasteiger partial charge on any atom is -0.412 e. The van der Waals surface area contributed by atoms with Gasteiger partial charge in [0.15, 0.2) is 8.32 Å². The molecule has 0 N–H and O–H groups in total. The molecule has 2 heteroatoms. The fraction of sp³-hybridized carbons (Fsp3) is 1.00. The average molecular weight is 184 g/mol. The quantitative estimate of drug-likeness (QED) is 0.599. The molecule has 0 unspecified atom stereocenters. The van der Waals surface area contributed by atoms with Crippen molar-refractivity contribution in [1.29, 1.82) is 0 Å². The predicted octanol–water partition coefficient (Wildman–Crippen LogP) is 3.17. The molecule has 0 aromatic heterocycles. The van der Waals surface area contributed by atoms with Gasteiger partial charge in [-0.05, 0) is 44.8 Å². The summed E-state index contributed by atoms with van der Waals surface area (Å²) in [6.07, 6.45) is 7.01. The maximum atomic E-state index is 6.28. The maximum absolute atomic E-state index is 6.28. The van der Waals surface area contributed by atoms with E-state index in [9.17, 15) is 0 Å². The average Bonchev–Trinajstić information content (AvgIpc) is 2.56. The summed E-state index contributed by atoms with van der Waals surface area (Å²) in [5, 5.41) is 0. The Bertz CT molecular complexity index is 185. The first-order chi connectivity index (χ1) is 5.52. The molecule has 0 heterocycles. The van der Waals surface area contributed by atoms with E-state index in [1.165, 1.54) is 32.1 Å². The minimum atomic E-state index is -1.28. The fourth-order valence-electron chi connectivity index (χ4n) is 2.63. The van der Waals surface area contributed by atoms with E-state index in [4.69, 9.17) is 4.43 Å². The maximum Gasteiger partial charge on any atom is 0.184 e. The second-order valence-electron chi connectivity index (χ2n) is 5.43. The van der Waals surface area contributed by atoms with E-state index in [0.29, 0.717) is 5.60 Å². The molecule has 0 saturated heterocycles. The van der Waals surface area contributed by atoms with Crippen LogP contribution in [0.25, 0.3) is 0 Å². The van der Waals surface area contributed by atoms with E-state index in [1.54, 1.807) is 0 Å². The Morgan fingerprint density at radius 2 is 2.00 bits per heavy atom. The molecular formula is C10H20OSi. The zero-order valence-electron chi connectivity index (χ0n) is 8.52. The SMILES string of the molecule is C[Si](C)(C)O[C@]12CCCC[C@H]1C2. The summed E-state index contributed by atoms with van der Waals surface area (Å²) in [4.78, 5) is 0. The number of hydrogen-bond acceptors (Lipinski definition) is 1. The number of rotatable bonds is 2. The van der Waals surface area contributed by atoms with Crippen molar-refractivity contribution >= 4 is 8.32 Å². The Morgan fingerprint density at radius 3 is 2.58 bits per heavy atom. The van der Waals surface area contributed by atoms with E-state index < -0.39 is 8.32 Å². The first-order valence-electron chi connectivity index (χ1n) is 5.22. The smallest absolute Gasteiger partial charge is 0.184 e. The van der Waals surface area contributed by atoms with Gasteiger partial charge in [0.05, 0.1) is 5.60 Å². The topological polar surface area (TPSA) is 9.23 Å². The summed E-state index contributed by atoms with van der Waals surface area (Å²) in [6, 6.07) is 0. The Hall–Kier alpha value is 0.177. The Balaban J connectivity index is 1.96. The van der Waals surface area contributed by atoms with Crippen LogP contribution in [0.15, 0.2) is 0 Å². The van der Waals surface area contributed by atoms with E-state index in [-0.39, 0.29) is 0 Å². The van der Waals surface area contributed by atoms with Crippen molar-refractivity contribution in [2.75, 3.05) is 0 Å². The molecule has 70 valence electrons. The van der Waals surface area contributed by atoms with Crippen LogP contribution in [0.1, 0.15) is 32.1 Å². The third kappa shape index (κ3) is 1.60. The lowest BCUT2D eigenvalue weighted by Crippen LogP contribution is -2.35. The van der Waals surface area contributed by atoms with Crippen LogP contribution >= 0.6 is 0 Å². The molecule has 2 saturated carbocycles. The molecule has 2 rings (SSSR count). The highest BCUT2D eigenvalue weighted by Crippen LogP contribution is 2.57. The zero-order valence-corrected chi connectivity index (χ0v) is 9.52. The summed E-state index contributed by atoms with van der Waals surface area (Å²) in [6.45, 7) is 6.93. The van der Waals surface area contributed by atoms with Crippen molar-refractivity contribution < 1.29 is 4.43 Å². The highest BCUT2D eigenvalue weighted by atomic mass is 28.4. The molecule has 12 heavy (non-hydrogen) atoms. The van der Waals surface area contributed by atoms with Gasteiger partial charge in [0, 0.05) is 0 Å². The summed E-state index contributed by atoms with van der Waals surface area (Å²) in [5.41, 5.74) is 0.392. The Kier molecular flexibility index (Phi) is 1.88. The third-order valence-electron chi connectivity index (χ3n) is 3.09. The lowest BCUT2D eigenvalue weighted by Gasteiger charge is -2.30. The van der Waals surface area contributed by atoms with Crippen LogP contribution in [-0.2, 0) is 4.43 Å². The molecule has 0 spiro atoms. The predicted molar refractivity (Wildman–Crippen MR) is 53.7 cm³/mol. The molecule has 2 aliphatic carbocycles. The van der Waals surface area contributed by atoms with Gasteiger partial charge in [-0.2, -0.15) is 0 Å². The Labute approximate surface area is 76.6 Å². The molecule has 0 amide bonds. The lowest BCUT2D eigenvalue weighted by atomic mass is 9.98. The monoisotopic (exact) mass is 184 g/mol. The standard InChI is InChI=1S/C10H20OSi/c1-12(2,3)11-10-7-5-4-6-9(10)8-10/h9H,4-8H2,1-3H3/t9-,10-/m0/s1. The van der Waals surface area contributed by atoms with Crippen LogP contribution in [0.5, 0.6) is 0 Å². The van der Waals surface area contributed by atoms with Gasteiger partial charge in [-0.15, -0.1) is 0 Å². The zero-order chi connectivity index (χ0) is 8.82. The van der Waals surface area contributed by atoms with Crippen LogP contribution in [0.4, 0.5) is 0 Å². The summed E-state index contributed by atoms with van der Waals surface area (Å²) in [5.74, 6) is 0.943. The lowest BCUT2D eigenvalue weighted by molar-refractivity contribution is 0.120. The molecule has 0 aliphatic heterocycles. The summed E-state index contributed by atoms with van der Waals surface area (Å²) in [7, 11) is -1.28. The minimum absolute atomic E-state index is 0.392. The molecular weight excluding hydrogens is 164 g/mol. The third-order valence-corrected chi connectivity index (χ3v) is 4.11. The van der Waals surface area contributed by atoms with E-state index in [2.05, 4.69) is 19.6 Å².